The number of carbonyl (C=O) groups is 4. The number of carboxylic acid groups (broad SMARTS) is 1. The maximum absolute atomic E-state index is 14.3. The van der Waals surface area contributed by atoms with E-state index in [1.807, 2.05) is 0 Å². The van der Waals surface area contributed by atoms with Gasteiger partial charge in [-0.15, -0.1) is 0 Å². The Morgan fingerprint density at radius 2 is 0.937 bits per heavy atom. The average Bonchev–Trinajstić information content (AvgIpc) is 3.10. The van der Waals surface area contributed by atoms with Crippen molar-refractivity contribution in [1.29, 1.82) is 0 Å². The summed E-state index contributed by atoms with van der Waals surface area (Å²) in [5.74, 6) is 5.18. The Balaban J connectivity index is 4.32. The lowest BCUT2D eigenvalue weighted by atomic mass is 9.99. The number of benzene rings is 1. The first-order valence-corrected chi connectivity index (χ1v) is 24.2. The second kappa shape index (κ2) is 25.9. The molecule has 0 aromatic heterocycles. The third-order valence-corrected chi connectivity index (χ3v) is 9.60. The van der Waals surface area contributed by atoms with Crippen LogP contribution in [0.15, 0.2) is 0 Å². The van der Waals surface area contributed by atoms with E-state index in [2.05, 4.69) is 39.6 Å². The molecule has 0 spiro atoms. The smallest absolute Gasteiger partial charge is 0.408 e. The van der Waals surface area contributed by atoms with Crippen LogP contribution in [0.25, 0.3) is 0 Å². The third-order valence-electron chi connectivity index (χ3n) is 7.19. The van der Waals surface area contributed by atoms with Gasteiger partial charge in [0.05, 0.1) is 50.2 Å². The first-order valence-electron chi connectivity index (χ1n) is 19.4. The van der Waals surface area contributed by atoms with Gasteiger partial charge < -0.3 is 44.7 Å². The van der Waals surface area contributed by atoms with Gasteiger partial charge in [-0.1, -0.05) is 30.1 Å². The molecule has 22 nitrogen and oxygen atoms in total. The van der Waals surface area contributed by atoms with Gasteiger partial charge in [0.1, 0.15) is 27.9 Å². The zero-order chi connectivity index (χ0) is 48.1. The molecule has 356 valence electrons. The van der Waals surface area contributed by atoms with E-state index in [-0.39, 0.29) is 61.9 Å². The van der Waals surface area contributed by atoms with Crippen molar-refractivity contribution in [2.75, 3.05) is 56.7 Å². The molecule has 0 saturated heterocycles. The van der Waals surface area contributed by atoms with Gasteiger partial charge in [0.25, 0.3) is 36.3 Å². The fourth-order valence-corrected chi connectivity index (χ4v) is 6.24. The number of rotatable bonds is 24. The normalized spacial score (nSPS) is 11.8. The van der Waals surface area contributed by atoms with Gasteiger partial charge in [-0.25, -0.2) is 9.59 Å². The number of carboxylic acids is 1. The summed E-state index contributed by atoms with van der Waals surface area (Å²) in [5.41, 5.74) is -2.85. The Kier molecular flexibility index (Phi) is 23.0. The maximum atomic E-state index is 14.3. The zero-order valence-corrected chi connectivity index (χ0v) is 38.4. The molecule has 63 heavy (non-hydrogen) atoms. The quantitative estimate of drug-likeness (QED) is 0.0445. The van der Waals surface area contributed by atoms with E-state index in [9.17, 15) is 58.1 Å². The van der Waals surface area contributed by atoms with E-state index in [0.717, 1.165) is 0 Å². The van der Waals surface area contributed by atoms with Gasteiger partial charge in [0.15, 0.2) is 17.2 Å². The molecule has 1 aromatic rings. The average molecular weight is 956 g/mol. The summed E-state index contributed by atoms with van der Waals surface area (Å²) in [5, 5.41) is 16.5. The third kappa shape index (κ3) is 26.9. The minimum atomic E-state index is -4.51. The van der Waals surface area contributed by atoms with E-state index in [1.165, 1.54) is 0 Å². The topological polar surface area (TPSA) is 334 Å². The fraction of sp³-hybridized carbons (Fsp3) is 0.632. The molecule has 25 heteroatoms. The van der Waals surface area contributed by atoms with E-state index in [0.29, 0.717) is 6.42 Å². The van der Waals surface area contributed by atoms with Gasteiger partial charge in [-0.3, -0.25) is 23.2 Å². The van der Waals surface area contributed by atoms with Crippen LogP contribution in [0, 0.1) is 23.7 Å². The zero-order valence-electron chi connectivity index (χ0n) is 36.0. The van der Waals surface area contributed by atoms with Gasteiger partial charge in [0, 0.05) is 13.0 Å². The summed E-state index contributed by atoms with van der Waals surface area (Å²) < 4.78 is 126. The minimum absolute atomic E-state index is 0.0433. The fourth-order valence-electron chi connectivity index (χ4n) is 4.79. The lowest BCUT2D eigenvalue weighted by Crippen LogP contribution is -2.32. The summed E-state index contributed by atoms with van der Waals surface area (Å²) in [6.07, 6.45) is -1.95. The van der Waals surface area contributed by atoms with Crippen LogP contribution in [0.4, 0.5) is 9.59 Å². The number of alkyl carbamates (subject to hydrolysis) is 2. The molecule has 1 rings (SSSR count). The Bertz CT molecular complexity index is 2090. The molecular weight excluding hydrogens is 899 g/mol. The van der Waals surface area contributed by atoms with Crippen LogP contribution in [0.5, 0.6) is 17.2 Å². The maximum Gasteiger partial charge on any atom is 0.408 e. The van der Waals surface area contributed by atoms with Crippen molar-refractivity contribution in [1.82, 2.24) is 16.0 Å². The number of nitrogens with one attached hydrogen (secondary N) is 3. The molecule has 0 aliphatic carbocycles. The van der Waals surface area contributed by atoms with Gasteiger partial charge in [-0.2, -0.15) is 25.3 Å². The second-order valence-electron chi connectivity index (χ2n) is 15.4. The summed E-state index contributed by atoms with van der Waals surface area (Å²) in [6, 6.07) is 0. The molecule has 0 bridgehead atoms. The van der Waals surface area contributed by atoms with E-state index < -0.39 is 133 Å². The Hall–Kier alpha value is -5.05. The van der Waals surface area contributed by atoms with Crippen LogP contribution >= 0.6 is 0 Å². The van der Waals surface area contributed by atoms with Crippen molar-refractivity contribution in [2.45, 2.75) is 97.7 Å². The highest BCUT2D eigenvalue weighted by atomic mass is 32.2. The summed E-state index contributed by atoms with van der Waals surface area (Å²) >= 11 is 0. The van der Waals surface area contributed by atoms with Crippen LogP contribution in [0.1, 0.15) is 108 Å². The van der Waals surface area contributed by atoms with Crippen LogP contribution in [0.2, 0.25) is 0 Å². The van der Waals surface area contributed by atoms with E-state index in [1.54, 1.807) is 41.5 Å². The monoisotopic (exact) mass is 955 g/mol. The molecule has 0 radical (unpaired) electrons. The molecular formula is C38H57N3O19S3. The number of amides is 3. The molecule has 7 N–H and O–H groups in total. The first-order chi connectivity index (χ1) is 29.0. The van der Waals surface area contributed by atoms with Crippen molar-refractivity contribution in [3.05, 3.63) is 16.7 Å². The highest BCUT2D eigenvalue weighted by Crippen LogP contribution is 2.44. The van der Waals surface area contributed by atoms with Crippen LogP contribution in [-0.4, -0.2) is 136 Å². The molecule has 0 unspecified atom stereocenters. The Morgan fingerprint density at radius 3 is 1.29 bits per heavy atom. The Labute approximate surface area is 368 Å². The molecule has 0 aliphatic heterocycles. The predicted octanol–water partition coefficient (Wildman–Crippen LogP) is 2.78. The molecule has 1 aromatic carbocycles. The van der Waals surface area contributed by atoms with E-state index >= 15 is 0 Å². The van der Waals surface area contributed by atoms with Crippen LogP contribution in [0.3, 0.4) is 0 Å². The molecule has 0 aliphatic rings. The molecule has 0 atom stereocenters. The van der Waals surface area contributed by atoms with Crippen LogP contribution < -0.4 is 30.2 Å². The summed E-state index contributed by atoms with van der Waals surface area (Å²) in [7, 11) is -13.5. The highest BCUT2D eigenvalue weighted by Gasteiger charge is 2.31. The van der Waals surface area contributed by atoms with E-state index in [4.69, 9.17) is 28.8 Å². The summed E-state index contributed by atoms with van der Waals surface area (Å²) in [6.45, 7) is 7.37. The molecule has 0 saturated carbocycles. The lowest BCUT2D eigenvalue weighted by molar-refractivity contribution is -0.137. The number of ether oxygens (including phenoxy) is 5. The van der Waals surface area contributed by atoms with Crippen molar-refractivity contribution in [2.24, 2.45) is 0 Å². The van der Waals surface area contributed by atoms with Gasteiger partial charge in [0.2, 0.25) is 0 Å². The number of unbranched alkanes of at least 4 members (excludes halogenated alkanes) is 2. The highest BCUT2D eigenvalue weighted by molar-refractivity contribution is 7.86. The number of carbonyl (C=O) groups excluding carboxylic acids is 3. The SMILES string of the molecule is CC(C)(C)OC(=O)NCC#Cc1c(OCCCS(=O)(=O)O)c(C#CCNC(=O)OC(C)(C)C)c(OCCCS(=O)(=O)O)c(C(=O)NCCCCCC(=O)O)c1OCCCS(=O)(=O)O. The minimum Gasteiger partial charge on any atom is -0.491 e. The van der Waals surface area contributed by atoms with Crippen molar-refractivity contribution >= 4 is 54.4 Å². The van der Waals surface area contributed by atoms with Crippen LogP contribution in [-0.2, 0) is 44.6 Å². The largest absolute Gasteiger partial charge is 0.491 e. The van der Waals surface area contributed by atoms with Crippen molar-refractivity contribution < 1.29 is 86.9 Å². The Morgan fingerprint density at radius 1 is 0.556 bits per heavy atom. The standard InChI is InChI=1S/C38H57N3O19S3/c1-37(2,3)59-35(45)40-19-10-15-27-31(56-21-12-24-61(47,48)49)28(16-11-20-41-36(46)60-38(4,5)6)33(58-23-14-26-63(53,54)55)30(32(27)57-22-13-25-62(50,51)52)34(44)39-18-9-7-8-17-29(42)43/h7-9,12-14,17-26H2,1-6H3,(H,39,44)(H,40,45)(H,41,46)(H,42,43)(H,47,48,49)(H,50,51,52)(H,53,54,55). The molecule has 3 amide bonds. The molecule has 0 heterocycles. The second-order valence-corrected chi connectivity index (χ2v) is 20.1. The number of hydrogen-bond donors (Lipinski definition) is 7. The van der Waals surface area contributed by atoms with Crippen molar-refractivity contribution in [3.8, 4) is 40.9 Å². The number of hydrogen-bond acceptors (Lipinski definition) is 15. The van der Waals surface area contributed by atoms with Gasteiger partial charge >= 0.3 is 18.2 Å². The molecule has 0 fully saturated rings. The summed E-state index contributed by atoms with van der Waals surface area (Å²) in [4.78, 5) is 50.1. The number of aliphatic carboxylic acids is 1. The van der Waals surface area contributed by atoms with Gasteiger partial charge in [-0.05, 0) is 73.6 Å². The lowest BCUT2D eigenvalue weighted by Gasteiger charge is -2.23. The first kappa shape index (κ1) is 56.0. The van der Waals surface area contributed by atoms with Crippen molar-refractivity contribution in [3.63, 3.8) is 0 Å². The predicted molar refractivity (Wildman–Crippen MR) is 227 cm³/mol.